The van der Waals surface area contributed by atoms with Gasteiger partial charge >= 0.3 is 0 Å². The highest BCUT2D eigenvalue weighted by Crippen LogP contribution is 2.32. The standard InChI is InChI=1S/C16H10Cl3NO2/c17-9-1-3-11(13(19)7-9)16(22)20-6-5-15(21)12-4-2-10(18)8-14(12)20/h1-4,7-8H,5-6H2. The quantitative estimate of drug-likeness (QED) is 0.732. The van der Waals surface area contributed by atoms with Crippen molar-refractivity contribution in [3.8, 4) is 0 Å². The zero-order chi connectivity index (χ0) is 15.9. The van der Waals surface area contributed by atoms with Crippen LogP contribution in [0.15, 0.2) is 36.4 Å². The van der Waals surface area contributed by atoms with Gasteiger partial charge in [-0.05, 0) is 36.4 Å². The fourth-order valence-corrected chi connectivity index (χ4v) is 3.11. The monoisotopic (exact) mass is 353 g/mol. The number of rotatable bonds is 1. The number of ketones is 1. The summed E-state index contributed by atoms with van der Waals surface area (Å²) in [6, 6.07) is 9.60. The predicted octanol–water partition coefficient (Wildman–Crippen LogP) is 4.88. The van der Waals surface area contributed by atoms with Gasteiger partial charge in [-0.3, -0.25) is 9.59 Å². The number of nitrogens with zero attached hydrogens (tertiary/aromatic N) is 1. The van der Waals surface area contributed by atoms with Crippen LogP contribution in [-0.4, -0.2) is 18.2 Å². The second-order valence-corrected chi connectivity index (χ2v) is 6.20. The summed E-state index contributed by atoms with van der Waals surface area (Å²) in [5, 5.41) is 1.20. The van der Waals surface area contributed by atoms with E-state index in [0.717, 1.165) is 0 Å². The molecule has 0 aliphatic carbocycles. The van der Waals surface area contributed by atoms with E-state index in [4.69, 9.17) is 34.8 Å². The zero-order valence-electron chi connectivity index (χ0n) is 11.3. The molecule has 0 N–H and O–H groups in total. The summed E-state index contributed by atoms with van der Waals surface area (Å²) in [6.45, 7) is 0.296. The van der Waals surface area contributed by atoms with Crippen molar-refractivity contribution in [3.63, 3.8) is 0 Å². The van der Waals surface area contributed by atoms with Crippen LogP contribution in [-0.2, 0) is 0 Å². The molecule has 0 aromatic heterocycles. The van der Waals surface area contributed by atoms with Crippen LogP contribution in [0.5, 0.6) is 0 Å². The Hall–Kier alpha value is -1.55. The summed E-state index contributed by atoms with van der Waals surface area (Å²) in [5.41, 5.74) is 1.35. The molecule has 3 rings (SSSR count). The van der Waals surface area contributed by atoms with Gasteiger partial charge in [0.05, 0.1) is 16.3 Å². The third-order valence-corrected chi connectivity index (χ3v) is 4.30. The molecule has 0 atom stereocenters. The van der Waals surface area contributed by atoms with E-state index in [-0.39, 0.29) is 23.1 Å². The van der Waals surface area contributed by atoms with Crippen LogP contribution in [0.2, 0.25) is 15.1 Å². The Morgan fingerprint density at radius 1 is 1.00 bits per heavy atom. The highest BCUT2D eigenvalue weighted by atomic mass is 35.5. The van der Waals surface area contributed by atoms with E-state index >= 15 is 0 Å². The van der Waals surface area contributed by atoms with Gasteiger partial charge in [-0.2, -0.15) is 0 Å². The molecule has 0 radical (unpaired) electrons. The van der Waals surface area contributed by atoms with Crippen LogP contribution >= 0.6 is 34.8 Å². The lowest BCUT2D eigenvalue weighted by atomic mass is 9.99. The third kappa shape index (κ3) is 2.72. The number of hydrogen-bond donors (Lipinski definition) is 0. The molecular formula is C16H10Cl3NO2. The summed E-state index contributed by atoms with van der Waals surface area (Å²) >= 11 is 18.0. The molecule has 2 aromatic rings. The van der Waals surface area contributed by atoms with Crippen molar-refractivity contribution < 1.29 is 9.59 Å². The molecule has 1 aliphatic heterocycles. The molecule has 0 saturated heterocycles. The Bertz CT molecular complexity index is 789. The molecule has 0 spiro atoms. The minimum atomic E-state index is -0.280. The highest BCUT2D eigenvalue weighted by molar-refractivity contribution is 6.37. The van der Waals surface area contributed by atoms with Crippen molar-refractivity contribution in [2.75, 3.05) is 11.4 Å². The van der Waals surface area contributed by atoms with Crippen molar-refractivity contribution in [3.05, 3.63) is 62.6 Å². The number of Topliss-reactive ketones (excluding diaryl/α,β-unsaturated/α-hetero) is 1. The maximum Gasteiger partial charge on any atom is 0.259 e. The van der Waals surface area contributed by atoms with E-state index in [1.165, 1.54) is 11.0 Å². The van der Waals surface area contributed by atoms with E-state index in [0.29, 0.717) is 33.4 Å². The lowest BCUT2D eigenvalue weighted by Gasteiger charge is -2.29. The Morgan fingerprint density at radius 2 is 1.68 bits per heavy atom. The Balaban J connectivity index is 2.06. The fourth-order valence-electron chi connectivity index (χ4n) is 2.45. The predicted molar refractivity (Wildman–Crippen MR) is 88.5 cm³/mol. The van der Waals surface area contributed by atoms with Gasteiger partial charge in [0.1, 0.15) is 0 Å². The molecule has 2 aromatic carbocycles. The van der Waals surface area contributed by atoms with Crippen molar-refractivity contribution in [2.45, 2.75) is 6.42 Å². The first-order valence-electron chi connectivity index (χ1n) is 6.57. The minimum Gasteiger partial charge on any atom is -0.307 e. The maximum absolute atomic E-state index is 12.8. The summed E-state index contributed by atoms with van der Waals surface area (Å²) in [5.74, 6) is -0.282. The van der Waals surface area contributed by atoms with Crippen LogP contribution in [0.3, 0.4) is 0 Å². The molecule has 0 bridgehead atoms. The molecule has 0 fully saturated rings. The molecule has 1 aliphatic rings. The van der Waals surface area contributed by atoms with E-state index in [9.17, 15) is 9.59 Å². The topological polar surface area (TPSA) is 37.4 Å². The van der Waals surface area contributed by atoms with E-state index in [1.807, 2.05) is 0 Å². The molecule has 1 heterocycles. The van der Waals surface area contributed by atoms with Crippen molar-refractivity contribution >= 4 is 52.2 Å². The van der Waals surface area contributed by atoms with Gasteiger partial charge in [-0.1, -0.05) is 34.8 Å². The molecular weight excluding hydrogens is 345 g/mol. The number of halogens is 3. The smallest absolute Gasteiger partial charge is 0.259 e. The second kappa shape index (κ2) is 5.92. The first kappa shape index (κ1) is 15.3. The number of fused-ring (bicyclic) bond motifs is 1. The molecule has 0 saturated carbocycles. The van der Waals surface area contributed by atoms with Gasteiger partial charge in [0, 0.05) is 28.6 Å². The Labute approximate surface area is 142 Å². The molecule has 22 heavy (non-hydrogen) atoms. The van der Waals surface area contributed by atoms with E-state index in [1.54, 1.807) is 30.3 Å². The highest BCUT2D eigenvalue weighted by Gasteiger charge is 2.29. The van der Waals surface area contributed by atoms with Crippen LogP contribution in [0.1, 0.15) is 27.1 Å². The van der Waals surface area contributed by atoms with Crippen LogP contribution in [0, 0.1) is 0 Å². The van der Waals surface area contributed by atoms with E-state index in [2.05, 4.69) is 0 Å². The van der Waals surface area contributed by atoms with Gasteiger partial charge in [-0.15, -0.1) is 0 Å². The molecule has 1 amide bonds. The fraction of sp³-hybridized carbons (Fsp3) is 0.125. The van der Waals surface area contributed by atoms with Gasteiger partial charge in [0.15, 0.2) is 5.78 Å². The Morgan fingerprint density at radius 3 is 2.41 bits per heavy atom. The molecule has 3 nitrogen and oxygen atoms in total. The van der Waals surface area contributed by atoms with Crippen LogP contribution < -0.4 is 4.90 Å². The average Bonchev–Trinajstić information content (AvgIpc) is 2.47. The number of amides is 1. The summed E-state index contributed by atoms with van der Waals surface area (Å²) in [7, 11) is 0. The largest absolute Gasteiger partial charge is 0.307 e. The second-order valence-electron chi connectivity index (χ2n) is 4.92. The number of carbonyl (C=O) groups is 2. The first-order chi connectivity index (χ1) is 10.5. The van der Waals surface area contributed by atoms with Gasteiger partial charge in [0.2, 0.25) is 0 Å². The lowest BCUT2D eigenvalue weighted by molar-refractivity contribution is 0.0955. The third-order valence-electron chi connectivity index (χ3n) is 3.52. The van der Waals surface area contributed by atoms with E-state index < -0.39 is 0 Å². The number of benzene rings is 2. The lowest BCUT2D eigenvalue weighted by Crippen LogP contribution is -2.37. The zero-order valence-corrected chi connectivity index (χ0v) is 13.5. The first-order valence-corrected chi connectivity index (χ1v) is 7.70. The minimum absolute atomic E-state index is 0.00193. The van der Waals surface area contributed by atoms with Crippen molar-refractivity contribution in [1.82, 2.24) is 0 Å². The van der Waals surface area contributed by atoms with Crippen LogP contribution in [0.25, 0.3) is 0 Å². The normalized spacial score (nSPS) is 14.0. The van der Waals surface area contributed by atoms with Crippen LogP contribution in [0.4, 0.5) is 5.69 Å². The summed E-state index contributed by atoms with van der Waals surface area (Å²) in [4.78, 5) is 26.3. The average molecular weight is 355 g/mol. The summed E-state index contributed by atoms with van der Waals surface area (Å²) in [6.07, 6.45) is 0.269. The van der Waals surface area contributed by atoms with Gasteiger partial charge in [-0.25, -0.2) is 0 Å². The number of hydrogen-bond acceptors (Lipinski definition) is 2. The SMILES string of the molecule is O=C1CCN(C(=O)c2ccc(Cl)cc2Cl)c2cc(Cl)ccc21. The van der Waals surface area contributed by atoms with Crippen molar-refractivity contribution in [1.29, 1.82) is 0 Å². The van der Waals surface area contributed by atoms with Crippen molar-refractivity contribution in [2.24, 2.45) is 0 Å². The van der Waals surface area contributed by atoms with Gasteiger partial charge in [0.25, 0.3) is 5.91 Å². The number of carbonyl (C=O) groups excluding carboxylic acids is 2. The number of anilines is 1. The maximum atomic E-state index is 12.8. The van der Waals surface area contributed by atoms with Gasteiger partial charge < -0.3 is 4.90 Å². The molecule has 112 valence electrons. The molecule has 0 unspecified atom stereocenters. The Kier molecular flexibility index (Phi) is 4.13. The molecule has 6 heteroatoms. The summed E-state index contributed by atoms with van der Waals surface area (Å²) < 4.78 is 0.